The summed E-state index contributed by atoms with van der Waals surface area (Å²) in [5.41, 5.74) is 0.595. The van der Waals surface area contributed by atoms with Gasteiger partial charge in [0.15, 0.2) is 0 Å². The first-order valence-corrected chi connectivity index (χ1v) is 7.02. The summed E-state index contributed by atoms with van der Waals surface area (Å²) in [6.07, 6.45) is 0. The molecule has 0 unspecified atom stereocenters. The lowest BCUT2D eigenvalue weighted by Gasteiger charge is -2.08. The van der Waals surface area contributed by atoms with Crippen molar-refractivity contribution in [3.8, 4) is 5.75 Å². The normalized spacial score (nSPS) is 10.6. The van der Waals surface area contributed by atoms with E-state index in [0.29, 0.717) is 10.0 Å². The van der Waals surface area contributed by atoms with E-state index in [4.69, 9.17) is 0 Å². The standard InChI is InChI=1S/C15H11BrF3NO2/c16-10-3-6-13(17)12(7-10)14(21)20-8-9-1-4-11(5-2-9)22-15(18)19/h1-7,15H,8H2,(H,20,21). The van der Waals surface area contributed by atoms with Crippen LogP contribution in [-0.4, -0.2) is 12.5 Å². The Labute approximate surface area is 133 Å². The maximum absolute atomic E-state index is 13.6. The van der Waals surface area contributed by atoms with Gasteiger partial charge in [-0.1, -0.05) is 28.1 Å². The van der Waals surface area contributed by atoms with E-state index in [9.17, 15) is 18.0 Å². The van der Waals surface area contributed by atoms with Gasteiger partial charge in [0.2, 0.25) is 0 Å². The van der Waals surface area contributed by atoms with Crippen LogP contribution >= 0.6 is 15.9 Å². The van der Waals surface area contributed by atoms with E-state index in [1.165, 1.54) is 42.5 Å². The van der Waals surface area contributed by atoms with Crippen LogP contribution in [-0.2, 0) is 6.54 Å². The quantitative estimate of drug-likeness (QED) is 0.855. The van der Waals surface area contributed by atoms with E-state index in [-0.39, 0.29) is 17.9 Å². The molecule has 0 atom stereocenters. The average molecular weight is 374 g/mol. The van der Waals surface area contributed by atoms with Crippen LogP contribution < -0.4 is 10.1 Å². The zero-order chi connectivity index (χ0) is 16.1. The summed E-state index contributed by atoms with van der Waals surface area (Å²) in [6.45, 7) is -2.75. The number of carbonyl (C=O) groups excluding carboxylic acids is 1. The van der Waals surface area contributed by atoms with Gasteiger partial charge >= 0.3 is 6.61 Å². The Morgan fingerprint density at radius 1 is 1.18 bits per heavy atom. The third-order valence-corrected chi connectivity index (χ3v) is 3.27. The fourth-order valence-corrected chi connectivity index (χ4v) is 2.10. The number of hydrogen-bond acceptors (Lipinski definition) is 2. The van der Waals surface area contributed by atoms with Crippen molar-refractivity contribution in [2.75, 3.05) is 0 Å². The van der Waals surface area contributed by atoms with E-state index >= 15 is 0 Å². The van der Waals surface area contributed by atoms with Crippen molar-refractivity contribution in [1.29, 1.82) is 0 Å². The molecule has 0 radical (unpaired) electrons. The van der Waals surface area contributed by atoms with E-state index in [2.05, 4.69) is 26.0 Å². The monoisotopic (exact) mass is 373 g/mol. The Morgan fingerprint density at radius 3 is 2.50 bits per heavy atom. The second kappa shape index (κ2) is 7.31. The summed E-state index contributed by atoms with van der Waals surface area (Å²) in [7, 11) is 0. The van der Waals surface area contributed by atoms with Crippen LogP contribution in [0.4, 0.5) is 13.2 Å². The van der Waals surface area contributed by atoms with Gasteiger partial charge in [0.25, 0.3) is 5.91 Å². The lowest BCUT2D eigenvalue weighted by atomic mass is 10.2. The number of rotatable bonds is 5. The second-order valence-electron chi connectivity index (χ2n) is 4.33. The number of ether oxygens (including phenoxy) is 1. The maximum atomic E-state index is 13.6. The molecule has 3 nitrogen and oxygen atoms in total. The highest BCUT2D eigenvalue weighted by atomic mass is 79.9. The number of benzene rings is 2. The molecular formula is C15H11BrF3NO2. The van der Waals surface area contributed by atoms with Gasteiger partial charge in [-0.2, -0.15) is 8.78 Å². The first-order valence-electron chi connectivity index (χ1n) is 6.22. The van der Waals surface area contributed by atoms with Gasteiger partial charge < -0.3 is 10.1 Å². The van der Waals surface area contributed by atoms with Crippen LogP contribution in [0.3, 0.4) is 0 Å². The fourth-order valence-electron chi connectivity index (χ4n) is 1.74. The Hall–Kier alpha value is -2.02. The third kappa shape index (κ3) is 4.49. The van der Waals surface area contributed by atoms with Gasteiger partial charge in [0.05, 0.1) is 5.56 Å². The maximum Gasteiger partial charge on any atom is 0.387 e. The van der Waals surface area contributed by atoms with Crippen molar-refractivity contribution in [1.82, 2.24) is 5.32 Å². The molecule has 116 valence electrons. The summed E-state index contributed by atoms with van der Waals surface area (Å²) in [4.78, 5) is 11.9. The van der Waals surface area contributed by atoms with E-state index in [1.54, 1.807) is 0 Å². The molecule has 0 spiro atoms. The molecule has 7 heteroatoms. The molecule has 2 aromatic carbocycles. The van der Waals surface area contributed by atoms with Crippen LogP contribution in [0, 0.1) is 5.82 Å². The van der Waals surface area contributed by atoms with Crippen LogP contribution in [0.1, 0.15) is 15.9 Å². The number of amides is 1. The number of nitrogens with one attached hydrogen (secondary N) is 1. The predicted molar refractivity (Wildman–Crippen MR) is 78.3 cm³/mol. The highest BCUT2D eigenvalue weighted by Crippen LogP contribution is 2.17. The Bertz CT molecular complexity index is 662. The highest BCUT2D eigenvalue weighted by molar-refractivity contribution is 9.10. The van der Waals surface area contributed by atoms with Crippen molar-refractivity contribution >= 4 is 21.8 Å². The Balaban J connectivity index is 1.97. The SMILES string of the molecule is O=C(NCc1ccc(OC(F)F)cc1)c1cc(Br)ccc1F. The molecule has 0 aliphatic heterocycles. The minimum atomic E-state index is -2.88. The topological polar surface area (TPSA) is 38.3 Å². The minimum Gasteiger partial charge on any atom is -0.435 e. The van der Waals surface area contributed by atoms with Crippen molar-refractivity contribution in [3.05, 3.63) is 63.9 Å². The average Bonchev–Trinajstić information content (AvgIpc) is 2.48. The summed E-state index contributed by atoms with van der Waals surface area (Å²) in [6, 6.07) is 9.87. The van der Waals surface area contributed by atoms with Gasteiger partial charge in [0.1, 0.15) is 11.6 Å². The van der Waals surface area contributed by atoms with Crippen molar-refractivity contribution in [3.63, 3.8) is 0 Å². The largest absolute Gasteiger partial charge is 0.435 e. The van der Waals surface area contributed by atoms with Crippen LogP contribution in [0.2, 0.25) is 0 Å². The lowest BCUT2D eigenvalue weighted by molar-refractivity contribution is -0.0498. The van der Waals surface area contributed by atoms with Crippen LogP contribution in [0.25, 0.3) is 0 Å². The molecule has 0 fully saturated rings. The van der Waals surface area contributed by atoms with Crippen molar-refractivity contribution in [2.45, 2.75) is 13.2 Å². The molecule has 0 saturated carbocycles. The molecule has 1 amide bonds. The smallest absolute Gasteiger partial charge is 0.387 e. The molecule has 0 aliphatic rings. The Kier molecular flexibility index (Phi) is 5.43. The first-order chi connectivity index (χ1) is 10.5. The summed E-state index contributed by atoms with van der Waals surface area (Å²) >= 11 is 3.17. The molecule has 0 bridgehead atoms. The fraction of sp³-hybridized carbons (Fsp3) is 0.133. The summed E-state index contributed by atoms with van der Waals surface area (Å²) in [5, 5.41) is 2.55. The molecule has 0 aliphatic carbocycles. The molecule has 2 rings (SSSR count). The van der Waals surface area contributed by atoms with Gasteiger partial charge in [-0.3, -0.25) is 4.79 Å². The van der Waals surface area contributed by atoms with E-state index in [0.717, 1.165) is 0 Å². The number of hydrogen-bond donors (Lipinski definition) is 1. The summed E-state index contributed by atoms with van der Waals surface area (Å²) < 4.78 is 42.4. The van der Waals surface area contributed by atoms with Crippen molar-refractivity contribution < 1.29 is 22.7 Å². The predicted octanol–water partition coefficient (Wildman–Crippen LogP) is 4.12. The van der Waals surface area contributed by atoms with Gasteiger partial charge in [-0.25, -0.2) is 4.39 Å². The van der Waals surface area contributed by atoms with E-state index < -0.39 is 18.3 Å². The van der Waals surface area contributed by atoms with Crippen LogP contribution in [0.5, 0.6) is 5.75 Å². The third-order valence-electron chi connectivity index (χ3n) is 2.77. The minimum absolute atomic E-state index is 0.0307. The molecule has 2 aromatic rings. The molecule has 0 aromatic heterocycles. The zero-order valence-electron chi connectivity index (χ0n) is 11.2. The van der Waals surface area contributed by atoms with Gasteiger partial charge in [-0.05, 0) is 35.9 Å². The molecule has 0 saturated heterocycles. The Morgan fingerprint density at radius 2 is 1.86 bits per heavy atom. The molecular weight excluding hydrogens is 363 g/mol. The lowest BCUT2D eigenvalue weighted by Crippen LogP contribution is -2.23. The number of halogens is 4. The number of carbonyl (C=O) groups is 1. The molecule has 22 heavy (non-hydrogen) atoms. The second-order valence-corrected chi connectivity index (χ2v) is 5.24. The highest BCUT2D eigenvalue weighted by Gasteiger charge is 2.12. The zero-order valence-corrected chi connectivity index (χ0v) is 12.7. The van der Waals surface area contributed by atoms with Crippen LogP contribution in [0.15, 0.2) is 46.9 Å². The van der Waals surface area contributed by atoms with Gasteiger partial charge in [-0.15, -0.1) is 0 Å². The first kappa shape index (κ1) is 16.4. The summed E-state index contributed by atoms with van der Waals surface area (Å²) in [5.74, 6) is -1.16. The van der Waals surface area contributed by atoms with Crippen molar-refractivity contribution in [2.24, 2.45) is 0 Å². The van der Waals surface area contributed by atoms with E-state index in [1.807, 2.05) is 0 Å². The molecule has 0 heterocycles. The molecule has 1 N–H and O–H groups in total. The van der Waals surface area contributed by atoms with Gasteiger partial charge in [0, 0.05) is 11.0 Å². The number of alkyl halides is 2.